The van der Waals surface area contributed by atoms with Crippen LogP contribution in [0.2, 0.25) is 0 Å². The van der Waals surface area contributed by atoms with E-state index in [1.165, 1.54) is 43.0 Å². The summed E-state index contributed by atoms with van der Waals surface area (Å²) in [6.45, 7) is 2.41. The monoisotopic (exact) mass is 251 g/mol. The lowest BCUT2D eigenvalue weighted by Gasteiger charge is -2.22. The molecule has 0 radical (unpaired) electrons. The van der Waals surface area contributed by atoms with E-state index in [1.807, 2.05) is 17.8 Å². The lowest BCUT2D eigenvalue weighted by molar-refractivity contribution is 0.367. The number of benzene rings is 1. The highest BCUT2D eigenvalue weighted by Gasteiger charge is 2.12. The molecule has 0 saturated carbocycles. The molecule has 94 valence electrons. The van der Waals surface area contributed by atoms with Crippen molar-refractivity contribution in [3.63, 3.8) is 0 Å². The van der Waals surface area contributed by atoms with Gasteiger partial charge in [0.1, 0.15) is 5.75 Å². The van der Waals surface area contributed by atoms with E-state index in [0.29, 0.717) is 0 Å². The van der Waals surface area contributed by atoms with Gasteiger partial charge in [-0.2, -0.15) is 0 Å². The molecule has 0 aromatic heterocycles. The van der Waals surface area contributed by atoms with Crippen molar-refractivity contribution >= 4 is 11.8 Å². The Morgan fingerprint density at radius 2 is 2.18 bits per heavy atom. The van der Waals surface area contributed by atoms with Gasteiger partial charge in [0.05, 0.1) is 7.11 Å². The minimum absolute atomic E-state index is 0.925. The van der Waals surface area contributed by atoms with Crippen molar-refractivity contribution in [3.8, 4) is 5.75 Å². The third-order valence-corrected chi connectivity index (χ3v) is 4.32. The van der Waals surface area contributed by atoms with Crippen molar-refractivity contribution in [2.75, 3.05) is 26.0 Å². The molecule has 1 heterocycles. The molecule has 1 aliphatic rings. The zero-order valence-corrected chi connectivity index (χ0v) is 11.3. The Balaban J connectivity index is 1.73. The first-order valence-corrected chi connectivity index (χ1v) is 7.34. The van der Waals surface area contributed by atoms with Gasteiger partial charge in [-0.25, -0.2) is 0 Å². The second-order valence-corrected chi connectivity index (χ2v) is 5.68. The molecule has 3 heteroatoms. The van der Waals surface area contributed by atoms with Crippen LogP contribution in [0.25, 0.3) is 0 Å². The first-order valence-electron chi connectivity index (χ1n) is 6.36. The molecule has 0 spiro atoms. The average molecular weight is 251 g/mol. The van der Waals surface area contributed by atoms with Crippen molar-refractivity contribution in [2.45, 2.75) is 24.2 Å². The topological polar surface area (TPSA) is 21.3 Å². The van der Waals surface area contributed by atoms with Gasteiger partial charge in [0.2, 0.25) is 0 Å². The fraction of sp³-hybridized carbons (Fsp3) is 0.571. The minimum Gasteiger partial charge on any atom is -0.497 e. The summed E-state index contributed by atoms with van der Waals surface area (Å²) in [5, 5.41) is 3.41. The highest BCUT2D eigenvalue weighted by molar-refractivity contribution is 7.99. The predicted molar refractivity (Wildman–Crippen MR) is 73.9 cm³/mol. The van der Waals surface area contributed by atoms with Crippen molar-refractivity contribution in [1.29, 1.82) is 0 Å². The van der Waals surface area contributed by atoms with Crippen LogP contribution in [-0.2, 0) is 0 Å². The lowest BCUT2D eigenvalue weighted by Crippen LogP contribution is -2.27. The SMILES string of the molecule is COc1cccc(SCCC2CCNCC2)c1. The van der Waals surface area contributed by atoms with Gasteiger partial charge >= 0.3 is 0 Å². The van der Waals surface area contributed by atoms with Gasteiger partial charge in [0.25, 0.3) is 0 Å². The molecule has 0 aliphatic carbocycles. The molecule has 1 aromatic rings. The minimum atomic E-state index is 0.925. The molecule has 0 unspecified atom stereocenters. The molecule has 1 fully saturated rings. The number of ether oxygens (including phenoxy) is 1. The summed E-state index contributed by atoms with van der Waals surface area (Å²) in [6, 6.07) is 8.34. The van der Waals surface area contributed by atoms with Crippen molar-refractivity contribution < 1.29 is 4.74 Å². The van der Waals surface area contributed by atoms with Crippen LogP contribution < -0.4 is 10.1 Å². The molecular formula is C14H21NOS. The molecule has 1 saturated heterocycles. The lowest BCUT2D eigenvalue weighted by atomic mass is 9.96. The summed E-state index contributed by atoms with van der Waals surface area (Å²) in [4.78, 5) is 1.32. The highest BCUT2D eigenvalue weighted by atomic mass is 32.2. The zero-order chi connectivity index (χ0) is 11.9. The van der Waals surface area contributed by atoms with Crippen LogP contribution in [0.4, 0.5) is 0 Å². The molecule has 0 amide bonds. The van der Waals surface area contributed by atoms with Gasteiger partial charge < -0.3 is 10.1 Å². The van der Waals surface area contributed by atoms with E-state index in [4.69, 9.17) is 4.74 Å². The molecular weight excluding hydrogens is 230 g/mol. The van der Waals surface area contributed by atoms with Crippen LogP contribution in [0, 0.1) is 5.92 Å². The van der Waals surface area contributed by atoms with E-state index < -0.39 is 0 Å². The first-order chi connectivity index (χ1) is 8.38. The van der Waals surface area contributed by atoms with E-state index in [9.17, 15) is 0 Å². The fourth-order valence-electron chi connectivity index (χ4n) is 2.20. The number of piperidine rings is 1. The molecule has 0 bridgehead atoms. The van der Waals surface area contributed by atoms with E-state index >= 15 is 0 Å². The van der Waals surface area contributed by atoms with Crippen LogP contribution in [0.5, 0.6) is 5.75 Å². The largest absolute Gasteiger partial charge is 0.497 e. The molecule has 2 rings (SSSR count). The summed E-state index contributed by atoms with van der Waals surface area (Å²) in [5.74, 6) is 3.10. The maximum absolute atomic E-state index is 5.23. The first kappa shape index (κ1) is 12.8. The van der Waals surface area contributed by atoms with Crippen molar-refractivity contribution in [3.05, 3.63) is 24.3 Å². The van der Waals surface area contributed by atoms with Crippen LogP contribution in [0.3, 0.4) is 0 Å². The zero-order valence-electron chi connectivity index (χ0n) is 10.4. The van der Waals surface area contributed by atoms with Gasteiger partial charge in [0.15, 0.2) is 0 Å². The maximum atomic E-state index is 5.23. The van der Waals surface area contributed by atoms with Crippen molar-refractivity contribution in [1.82, 2.24) is 5.32 Å². The standard InChI is InChI=1S/C14H21NOS/c1-16-13-3-2-4-14(11-13)17-10-7-12-5-8-15-9-6-12/h2-4,11-12,15H,5-10H2,1H3. The second kappa shape index (κ2) is 6.92. The Morgan fingerprint density at radius 3 is 2.94 bits per heavy atom. The molecule has 1 aromatic carbocycles. The highest BCUT2D eigenvalue weighted by Crippen LogP contribution is 2.26. The van der Waals surface area contributed by atoms with Gasteiger partial charge in [-0.05, 0) is 62.2 Å². The molecule has 1 aliphatic heterocycles. The van der Waals surface area contributed by atoms with E-state index in [0.717, 1.165) is 11.7 Å². The van der Waals surface area contributed by atoms with Crippen LogP contribution >= 0.6 is 11.8 Å². The number of nitrogens with one attached hydrogen (secondary N) is 1. The Labute approximate surface area is 108 Å². The van der Waals surface area contributed by atoms with Gasteiger partial charge in [-0.1, -0.05) is 6.07 Å². The summed E-state index contributed by atoms with van der Waals surface area (Å²) in [5.41, 5.74) is 0. The normalized spacial score (nSPS) is 17.0. The van der Waals surface area contributed by atoms with Crippen molar-refractivity contribution in [2.24, 2.45) is 5.92 Å². The summed E-state index contributed by atoms with van der Waals surface area (Å²) in [6.07, 6.45) is 4.03. The number of hydrogen-bond donors (Lipinski definition) is 1. The Hall–Kier alpha value is -0.670. The quantitative estimate of drug-likeness (QED) is 0.812. The molecule has 1 N–H and O–H groups in total. The number of methoxy groups -OCH3 is 1. The van der Waals surface area contributed by atoms with E-state index in [2.05, 4.69) is 23.5 Å². The van der Waals surface area contributed by atoms with Crippen LogP contribution in [0.1, 0.15) is 19.3 Å². The van der Waals surface area contributed by atoms with Gasteiger partial charge in [-0.15, -0.1) is 11.8 Å². The number of rotatable bonds is 5. The Kier molecular flexibility index (Phi) is 5.20. The second-order valence-electron chi connectivity index (χ2n) is 4.51. The maximum Gasteiger partial charge on any atom is 0.119 e. The molecule has 17 heavy (non-hydrogen) atoms. The smallest absolute Gasteiger partial charge is 0.119 e. The third-order valence-electron chi connectivity index (χ3n) is 3.29. The predicted octanol–water partition coefficient (Wildman–Crippen LogP) is 3.18. The number of hydrogen-bond acceptors (Lipinski definition) is 3. The van der Waals surface area contributed by atoms with Crippen LogP contribution in [0.15, 0.2) is 29.2 Å². The molecule has 0 atom stereocenters. The van der Waals surface area contributed by atoms with Crippen LogP contribution in [-0.4, -0.2) is 26.0 Å². The molecule has 2 nitrogen and oxygen atoms in total. The van der Waals surface area contributed by atoms with E-state index in [-0.39, 0.29) is 0 Å². The Bertz CT molecular complexity index is 337. The average Bonchev–Trinajstić information content (AvgIpc) is 2.40. The third kappa shape index (κ3) is 4.25. The summed E-state index contributed by atoms with van der Waals surface area (Å²) in [7, 11) is 1.72. The van der Waals surface area contributed by atoms with Gasteiger partial charge in [0, 0.05) is 4.90 Å². The fourth-order valence-corrected chi connectivity index (χ4v) is 3.27. The summed E-state index contributed by atoms with van der Waals surface area (Å²) < 4.78 is 5.23. The summed E-state index contributed by atoms with van der Waals surface area (Å²) >= 11 is 1.94. The number of thioether (sulfide) groups is 1. The Morgan fingerprint density at radius 1 is 1.35 bits per heavy atom. The van der Waals surface area contributed by atoms with E-state index in [1.54, 1.807) is 7.11 Å². The van der Waals surface area contributed by atoms with Gasteiger partial charge in [-0.3, -0.25) is 0 Å².